The van der Waals surface area contributed by atoms with Crippen molar-refractivity contribution in [3.63, 3.8) is 0 Å². The minimum atomic E-state index is -1.45. The van der Waals surface area contributed by atoms with Crippen molar-refractivity contribution in [2.45, 2.75) is 0 Å². The van der Waals surface area contributed by atoms with Crippen LogP contribution in [0, 0.1) is 0 Å². The van der Waals surface area contributed by atoms with E-state index in [0.29, 0.717) is 5.69 Å². The maximum atomic E-state index is 11.3. The summed E-state index contributed by atoms with van der Waals surface area (Å²) in [6, 6.07) is 7.56. The van der Waals surface area contributed by atoms with Gasteiger partial charge in [-0.15, -0.1) is 11.3 Å². The van der Waals surface area contributed by atoms with Gasteiger partial charge >= 0.3 is 11.9 Å². The van der Waals surface area contributed by atoms with Crippen molar-refractivity contribution in [3.05, 3.63) is 29.6 Å². The van der Waals surface area contributed by atoms with Crippen molar-refractivity contribution < 1.29 is 14.7 Å². The Hall–Kier alpha value is -1.88. The zero-order valence-electron chi connectivity index (χ0n) is 8.51. The molecule has 0 aliphatic heterocycles. The summed E-state index contributed by atoms with van der Waals surface area (Å²) in [6.45, 7) is 0. The predicted octanol–water partition coefficient (Wildman–Crippen LogP) is 1.95. The molecule has 0 bridgehead atoms. The lowest BCUT2D eigenvalue weighted by Crippen LogP contribution is -2.32. The van der Waals surface area contributed by atoms with Crippen LogP contribution < -0.4 is 4.90 Å². The Morgan fingerprint density at radius 1 is 1.31 bits per heavy atom. The lowest BCUT2D eigenvalue weighted by Gasteiger charge is -2.13. The molecule has 0 aliphatic carbocycles. The molecule has 5 heteroatoms. The van der Waals surface area contributed by atoms with Crippen LogP contribution in [0.3, 0.4) is 0 Å². The maximum Gasteiger partial charge on any atom is 0.394 e. The smallest absolute Gasteiger partial charge is 0.394 e. The molecule has 0 aliphatic rings. The van der Waals surface area contributed by atoms with E-state index in [0.717, 1.165) is 15.0 Å². The summed E-state index contributed by atoms with van der Waals surface area (Å²) in [5.74, 6) is -2.37. The fraction of sp³-hybridized carbons (Fsp3) is 0.0909. The average molecular weight is 235 g/mol. The van der Waals surface area contributed by atoms with Crippen LogP contribution >= 0.6 is 11.3 Å². The fourth-order valence-corrected chi connectivity index (χ4v) is 2.46. The van der Waals surface area contributed by atoms with Crippen LogP contribution in [0.2, 0.25) is 0 Å². The van der Waals surface area contributed by atoms with Gasteiger partial charge in [-0.3, -0.25) is 4.79 Å². The van der Waals surface area contributed by atoms with Crippen LogP contribution in [0.15, 0.2) is 29.6 Å². The highest BCUT2D eigenvalue weighted by Gasteiger charge is 2.20. The number of hydrogen-bond donors (Lipinski definition) is 1. The highest BCUT2D eigenvalue weighted by Crippen LogP contribution is 2.32. The molecule has 2 rings (SSSR count). The molecule has 1 amide bonds. The third-order valence-corrected chi connectivity index (χ3v) is 3.26. The number of benzene rings is 1. The van der Waals surface area contributed by atoms with Crippen molar-refractivity contribution in [1.82, 2.24) is 0 Å². The minimum absolute atomic E-state index is 0.632. The van der Waals surface area contributed by atoms with E-state index in [4.69, 9.17) is 5.11 Å². The second-order valence-corrected chi connectivity index (χ2v) is 4.20. The molecule has 0 spiro atoms. The summed E-state index contributed by atoms with van der Waals surface area (Å²) in [6.07, 6.45) is 0. The van der Waals surface area contributed by atoms with E-state index in [-0.39, 0.29) is 0 Å². The molecule has 2 aromatic rings. The van der Waals surface area contributed by atoms with Crippen molar-refractivity contribution in [2.75, 3.05) is 11.9 Å². The lowest BCUT2D eigenvalue weighted by atomic mass is 10.2. The molecular weight excluding hydrogens is 226 g/mol. The molecule has 0 radical (unpaired) electrons. The van der Waals surface area contributed by atoms with Crippen LogP contribution in [0.1, 0.15) is 0 Å². The number of thiophene rings is 1. The SMILES string of the molecule is CN(C(=O)C(=O)O)c1csc2ccccc12. The Kier molecular flexibility index (Phi) is 2.62. The van der Waals surface area contributed by atoms with Gasteiger partial charge in [0.15, 0.2) is 0 Å². The first-order valence-corrected chi connectivity index (χ1v) is 5.46. The number of rotatable bonds is 1. The Morgan fingerprint density at radius 2 is 2.00 bits per heavy atom. The number of carboxylic acids is 1. The summed E-state index contributed by atoms with van der Waals surface area (Å²) in [4.78, 5) is 23.1. The van der Waals surface area contributed by atoms with Crippen LogP contribution in [-0.4, -0.2) is 24.0 Å². The van der Waals surface area contributed by atoms with E-state index in [2.05, 4.69) is 0 Å². The zero-order chi connectivity index (χ0) is 11.7. The van der Waals surface area contributed by atoms with Gasteiger partial charge in [-0.25, -0.2) is 4.79 Å². The standard InChI is InChI=1S/C11H9NO3S/c1-12(10(13)11(14)15)8-6-16-9-5-3-2-4-7(8)9/h2-6H,1H3,(H,14,15). The highest BCUT2D eigenvalue weighted by molar-refractivity contribution is 7.17. The Labute approximate surface area is 95.7 Å². The maximum absolute atomic E-state index is 11.3. The number of nitrogens with zero attached hydrogens (tertiary/aromatic N) is 1. The van der Waals surface area contributed by atoms with Gasteiger partial charge in [0.2, 0.25) is 0 Å². The fourth-order valence-electron chi connectivity index (χ4n) is 1.48. The van der Waals surface area contributed by atoms with Crippen molar-refractivity contribution >= 4 is 39.0 Å². The van der Waals surface area contributed by atoms with Crippen LogP contribution in [-0.2, 0) is 9.59 Å². The molecular formula is C11H9NO3S. The quantitative estimate of drug-likeness (QED) is 0.768. The molecule has 1 N–H and O–H groups in total. The first-order valence-electron chi connectivity index (χ1n) is 4.58. The lowest BCUT2D eigenvalue weighted by molar-refractivity contribution is -0.148. The summed E-state index contributed by atoms with van der Waals surface area (Å²) in [5, 5.41) is 11.3. The van der Waals surface area contributed by atoms with Gasteiger partial charge in [-0.05, 0) is 6.07 Å². The van der Waals surface area contributed by atoms with E-state index in [1.807, 2.05) is 24.3 Å². The van der Waals surface area contributed by atoms with E-state index in [1.54, 1.807) is 5.38 Å². The topological polar surface area (TPSA) is 57.6 Å². The molecule has 1 aromatic carbocycles. The number of carbonyl (C=O) groups is 2. The van der Waals surface area contributed by atoms with E-state index >= 15 is 0 Å². The average Bonchev–Trinajstić information content (AvgIpc) is 2.70. The molecule has 82 valence electrons. The van der Waals surface area contributed by atoms with E-state index < -0.39 is 11.9 Å². The molecule has 0 atom stereocenters. The Balaban J connectivity index is 2.48. The molecule has 1 aromatic heterocycles. The summed E-state index contributed by atoms with van der Waals surface area (Å²) in [5.41, 5.74) is 0.632. The number of anilines is 1. The number of fused-ring (bicyclic) bond motifs is 1. The highest BCUT2D eigenvalue weighted by atomic mass is 32.1. The first kappa shape index (κ1) is 10.6. The van der Waals surface area contributed by atoms with Crippen molar-refractivity contribution in [1.29, 1.82) is 0 Å². The second-order valence-electron chi connectivity index (χ2n) is 3.29. The van der Waals surface area contributed by atoms with Gasteiger partial charge in [-0.1, -0.05) is 18.2 Å². The number of hydrogen-bond acceptors (Lipinski definition) is 3. The molecule has 0 saturated heterocycles. The number of likely N-dealkylation sites (N-methyl/N-ethyl adjacent to an activating group) is 1. The van der Waals surface area contributed by atoms with E-state index in [9.17, 15) is 9.59 Å². The molecule has 0 unspecified atom stereocenters. The minimum Gasteiger partial charge on any atom is -0.474 e. The van der Waals surface area contributed by atoms with Crippen LogP contribution in [0.25, 0.3) is 10.1 Å². The van der Waals surface area contributed by atoms with Crippen molar-refractivity contribution in [3.8, 4) is 0 Å². The first-order chi connectivity index (χ1) is 7.61. The third kappa shape index (κ3) is 1.65. The van der Waals surface area contributed by atoms with Crippen molar-refractivity contribution in [2.24, 2.45) is 0 Å². The molecule has 16 heavy (non-hydrogen) atoms. The summed E-state index contributed by atoms with van der Waals surface area (Å²) in [7, 11) is 1.46. The number of amides is 1. The predicted molar refractivity (Wildman–Crippen MR) is 62.9 cm³/mol. The summed E-state index contributed by atoms with van der Waals surface area (Å²) >= 11 is 1.48. The largest absolute Gasteiger partial charge is 0.474 e. The third-order valence-electron chi connectivity index (χ3n) is 2.31. The molecule has 0 saturated carbocycles. The molecule has 4 nitrogen and oxygen atoms in total. The van der Waals surface area contributed by atoms with E-state index in [1.165, 1.54) is 18.4 Å². The Bertz CT molecular complexity index is 561. The van der Waals surface area contributed by atoms with Gasteiger partial charge in [0.05, 0.1) is 5.69 Å². The van der Waals surface area contributed by atoms with Gasteiger partial charge in [-0.2, -0.15) is 0 Å². The zero-order valence-corrected chi connectivity index (χ0v) is 9.32. The van der Waals surface area contributed by atoms with Crippen LogP contribution in [0.5, 0.6) is 0 Å². The number of carbonyl (C=O) groups excluding carboxylic acids is 1. The van der Waals surface area contributed by atoms with Gasteiger partial charge in [0, 0.05) is 22.5 Å². The Morgan fingerprint density at radius 3 is 2.69 bits per heavy atom. The molecule has 0 fully saturated rings. The van der Waals surface area contributed by atoms with Gasteiger partial charge < -0.3 is 10.0 Å². The van der Waals surface area contributed by atoms with Gasteiger partial charge in [0.1, 0.15) is 0 Å². The van der Waals surface area contributed by atoms with Gasteiger partial charge in [0.25, 0.3) is 0 Å². The van der Waals surface area contributed by atoms with Crippen LogP contribution in [0.4, 0.5) is 5.69 Å². The number of carboxylic acid groups (broad SMARTS) is 1. The second kappa shape index (κ2) is 3.94. The number of aliphatic carboxylic acids is 1. The summed E-state index contributed by atoms with van der Waals surface area (Å²) < 4.78 is 1.03. The normalized spacial score (nSPS) is 10.3. The monoisotopic (exact) mass is 235 g/mol. The molecule has 1 heterocycles.